The Morgan fingerprint density at radius 1 is 1.24 bits per heavy atom. The Hall–Kier alpha value is -1.60. The maximum Gasteiger partial charge on any atom is 0.146 e. The fraction of sp³-hybridized carbons (Fsp3) is 0.647. The average Bonchev–Trinajstić information content (AvgIpc) is 3.01. The van der Waals surface area contributed by atoms with E-state index in [0.29, 0.717) is 0 Å². The van der Waals surface area contributed by atoms with Gasteiger partial charge in [-0.3, -0.25) is 0 Å². The summed E-state index contributed by atoms with van der Waals surface area (Å²) in [6.45, 7) is 7.90. The molecule has 0 amide bonds. The summed E-state index contributed by atoms with van der Waals surface area (Å²) in [6, 6.07) is 4.24. The van der Waals surface area contributed by atoms with E-state index in [0.717, 1.165) is 36.0 Å². The van der Waals surface area contributed by atoms with Crippen molar-refractivity contribution < 1.29 is 0 Å². The number of aryl methyl sites for hydroxylation is 1. The SMILES string of the molecule is Cc1ccnc(N2CCC(CN3CCCC3)CC2)c1C#N. The van der Waals surface area contributed by atoms with Gasteiger partial charge in [0.2, 0.25) is 0 Å². The van der Waals surface area contributed by atoms with E-state index in [9.17, 15) is 5.26 Å². The number of pyridine rings is 1. The highest BCUT2D eigenvalue weighted by Crippen LogP contribution is 2.26. The van der Waals surface area contributed by atoms with Crippen LogP contribution in [0.2, 0.25) is 0 Å². The molecule has 0 aromatic carbocycles. The summed E-state index contributed by atoms with van der Waals surface area (Å²) in [5, 5.41) is 9.35. The zero-order valence-corrected chi connectivity index (χ0v) is 12.9. The second-order valence-electron chi connectivity index (χ2n) is 6.38. The van der Waals surface area contributed by atoms with Gasteiger partial charge in [-0.1, -0.05) is 0 Å². The third-order valence-electron chi connectivity index (χ3n) is 4.88. The van der Waals surface area contributed by atoms with Crippen molar-refractivity contribution in [3.63, 3.8) is 0 Å². The van der Waals surface area contributed by atoms with Gasteiger partial charge in [0, 0.05) is 25.8 Å². The molecule has 2 fully saturated rings. The minimum absolute atomic E-state index is 0.746. The summed E-state index contributed by atoms with van der Waals surface area (Å²) in [6.07, 6.45) is 7.00. The van der Waals surface area contributed by atoms with Crippen molar-refractivity contribution in [1.82, 2.24) is 9.88 Å². The van der Waals surface area contributed by atoms with Gasteiger partial charge in [0.15, 0.2) is 0 Å². The van der Waals surface area contributed by atoms with Crippen molar-refractivity contribution in [2.45, 2.75) is 32.6 Å². The highest BCUT2D eigenvalue weighted by atomic mass is 15.2. The second kappa shape index (κ2) is 6.44. The van der Waals surface area contributed by atoms with E-state index in [2.05, 4.69) is 20.9 Å². The maximum atomic E-state index is 9.35. The Morgan fingerprint density at radius 2 is 1.95 bits per heavy atom. The van der Waals surface area contributed by atoms with Crippen molar-refractivity contribution in [3.05, 3.63) is 23.4 Å². The van der Waals surface area contributed by atoms with Crippen LogP contribution >= 0.6 is 0 Å². The Labute approximate surface area is 127 Å². The minimum Gasteiger partial charge on any atom is -0.355 e. The first-order valence-corrected chi connectivity index (χ1v) is 8.11. The van der Waals surface area contributed by atoms with Gasteiger partial charge in [-0.05, 0) is 63.2 Å². The largest absolute Gasteiger partial charge is 0.355 e. The fourth-order valence-electron chi connectivity index (χ4n) is 3.58. The minimum atomic E-state index is 0.746. The van der Waals surface area contributed by atoms with Gasteiger partial charge in [-0.25, -0.2) is 4.98 Å². The number of likely N-dealkylation sites (tertiary alicyclic amines) is 1. The predicted molar refractivity (Wildman–Crippen MR) is 84.3 cm³/mol. The molecule has 0 bridgehead atoms. The zero-order chi connectivity index (χ0) is 14.7. The van der Waals surface area contributed by atoms with Crippen LogP contribution in [0.25, 0.3) is 0 Å². The number of aromatic nitrogens is 1. The third kappa shape index (κ3) is 3.19. The molecule has 0 spiro atoms. The van der Waals surface area contributed by atoms with Crippen molar-refractivity contribution in [1.29, 1.82) is 5.26 Å². The normalized spacial score (nSPS) is 20.7. The highest BCUT2D eigenvalue weighted by Gasteiger charge is 2.24. The summed E-state index contributed by atoms with van der Waals surface area (Å²) in [5.74, 6) is 1.70. The number of hydrogen-bond donors (Lipinski definition) is 0. The summed E-state index contributed by atoms with van der Waals surface area (Å²) in [4.78, 5) is 9.37. The first kappa shape index (κ1) is 14.3. The molecule has 0 N–H and O–H groups in total. The number of anilines is 1. The number of nitrogens with zero attached hydrogens (tertiary/aromatic N) is 4. The van der Waals surface area contributed by atoms with Crippen molar-refractivity contribution in [2.75, 3.05) is 37.6 Å². The van der Waals surface area contributed by atoms with Gasteiger partial charge in [0.05, 0.1) is 5.56 Å². The van der Waals surface area contributed by atoms with Crippen LogP contribution in [-0.2, 0) is 0 Å². The highest BCUT2D eigenvalue weighted by molar-refractivity contribution is 5.57. The summed E-state index contributed by atoms with van der Waals surface area (Å²) in [7, 11) is 0. The standard InChI is InChI=1S/C17H24N4/c1-14-4-7-19-17(16(14)12-18)21-10-5-15(6-11-21)13-20-8-2-3-9-20/h4,7,15H,2-3,5-6,8-11,13H2,1H3. The number of nitriles is 1. The van der Waals surface area contributed by atoms with Crippen molar-refractivity contribution >= 4 is 5.82 Å². The Kier molecular flexibility index (Phi) is 4.40. The van der Waals surface area contributed by atoms with E-state index in [1.54, 1.807) is 0 Å². The van der Waals surface area contributed by atoms with E-state index in [-0.39, 0.29) is 0 Å². The van der Waals surface area contributed by atoms with E-state index in [1.165, 1.54) is 45.3 Å². The number of hydrogen-bond acceptors (Lipinski definition) is 4. The molecule has 1 aromatic heterocycles. The second-order valence-corrected chi connectivity index (χ2v) is 6.38. The van der Waals surface area contributed by atoms with E-state index >= 15 is 0 Å². The molecule has 21 heavy (non-hydrogen) atoms. The van der Waals surface area contributed by atoms with Crippen LogP contribution in [0, 0.1) is 24.2 Å². The zero-order valence-electron chi connectivity index (χ0n) is 12.9. The van der Waals surface area contributed by atoms with Gasteiger partial charge in [0.1, 0.15) is 11.9 Å². The van der Waals surface area contributed by atoms with Crippen molar-refractivity contribution in [3.8, 4) is 6.07 Å². The Bertz CT molecular complexity index is 520. The monoisotopic (exact) mass is 284 g/mol. The first-order chi connectivity index (χ1) is 10.3. The number of rotatable bonds is 3. The van der Waals surface area contributed by atoms with Gasteiger partial charge in [0.25, 0.3) is 0 Å². The van der Waals surface area contributed by atoms with Crippen LogP contribution in [-0.4, -0.2) is 42.6 Å². The lowest BCUT2D eigenvalue weighted by Gasteiger charge is -2.35. The smallest absolute Gasteiger partial charge is 0.146 e. The third-order valence-corrected chi connectivity index (χ3v) is 4.88. The molecular weight excluding hydrogens is 260 g/mol. The lowest BCUT2D eigenvalue weighted by atomic mass is 9.96. The van der Waals surface area contributed by atoms with Crippen LogP contribution in [0.3, 0.4) is 0 Å². The quantitative estimate of drug-likeness (QED) is 0.855. The fourth-order valence-corrected chi connectivity index (χ4v) is 3.58. The van der Waals surface area contributed by atoms with Crippen LogP contribution in [0.15, 0.2) is 12.3 Å². The van der Waals surface area contributed by atoms with E-state index in [1.807, 2.05) is 19.2 Å². The molecule has 2 aliphatic rings. The molecule has 1 aromatic rings. The molecule has 0 radical (unpaired) electrons. The summed E-state index contributed by atoms with van der Waals surface area (Å²) in [5.41, 5.74) is 1.78. The molecule has 0 saturated carbocycles. The van der Waals surface area contributed by atoms with Gasteiger partial charge in [-0.2, -0.15) is 5.26 Å². The van der Waals surface area contributed by atoms with Crippen LogP contribution in [0.4, 0.5) is 5.82 Å². The molecule has 2 saturated heterocycles. The first-order valence-electron chi connectivity index (χ1n) is 8.11. The molecule has 0 unspecified atom stereocenters. The van der Waals surface area contributed by atoms with Crippen molar-refractivity contribution in [2.24, 2.45) is 5.92 Å². The summed E-state index contributed by atoms with van der Waals surface area (Å²) >= 11 is 0. The van der Waals surface area contributed by atoms with Crippen LogP contribution < -0.4 is 4.90 Å². The molecule has 0 atom stereocenters. The molecule has 3 rings (SSSR count). The molecular formula is C17H24N4. The Balaban J connectivity index is 1.61. The molecule has 2 aliphatic heterocycles. The average molecular weight is 284 g/mol. The maximum absolute atomic E-state index is 9.35. The van der Waals surface area contributed by atoms with Gasteiger partial charge < -0.3 is 9.80 Å². The van der Waals surface area contributed by atoms with Crippen LogP contribution in [0.1, 0.15) is 36.8 Å². The van der Waals surface area contributed by atoms with Gasteiger partial charge in [-0.15, -0.1) is 0 Å². The molecule has 4 heteroatoms. The Morgan fingerprint density at radius 3 is 2.62 bits per heavy atom. The van der Waals surface area contributed by atoms with E-state index in [4.69, 9.17) is 0 Å². The molecule has 112 valence electrons. The van der Waals surface area contributed by atoms with Gasteiger partial charge >= 0.3 is 0 Å². The molecule has 3 heterocycles. The lowest BCUT2D eigenvalue weighted by Crippen LogP contribution is -2.38. The molecule has 0 aliphatic carbocycles. The molecule has 4 nitrogen and oxygen atoms in total. The summed E-state index contributed by atoms with van der Waals surface area (Å²) < 4.78 is 0. The topological polar surface area (TPSA) is 43.2 Å². The number of piperidine rings is 1. The predicted octanol–water partition coefficient (Wildman–Crippen LogP) is 2.57. The lowest BCUT2D eigenvalue weighted by molar-refractivity contribution is 0.249. The van der Waals surface area contributed by atoms with Crippen LogP contribution in [0.5, 0.6) is 0 Å². The van der Waals surface area contributed by atoms with E-state index < -0.39 is 0 Å².